The number of piperidine rings is 1. The maximum absolute atomic E-state index is 12.5. The van der Waals surface area contributed by atoms with Crippen LogP contribution in [0.4, 0.5) is 0 Å². The fourth-order valence-corrected chi connectivity index (χ4v) is 5.44. The standard InChI is InChI=1S/C12H19NO3S2/c1-9-5-6-13(10(2)7-9)18(15,16)12-4-3-11(8-14)17-12/h3-4,9-10,14H,5-8H2,1-2H3. The highest BCUT2D eigenvalue weighted by molar-refractivity contribution is 7.91. The highest BCUT2D eigenvalue weighted by Gasteiger charge is 2.33. The molecule has 0 saturated carbocycles. The number of nitrogens with zero attached hydrogens (tertiary/aromatic N) is 1. The van der Waals surface area contributed by atoms with Crippen LogP contribution in [0.15, 0.2) is 16.3 Å². The number of rotatable bonds is 3. The fourth-order valence-electron chi connectivity index (χ4n) is 2.44. The summed E-state index contributed by atoms with van der Waals surface area (Å²) in [6.07, 6.45) is 1.83. The lowest BCUT2D eigenvalue weighted by Gasteiger charge is -2.35. The number of thiophene rings is 1. The molecule has 102 valence electrons. The summed E-state index contributed by atoms with van der Waals surface area (Å²) in [5.41, 5.74) is 0. The Balaban J connectivity index is 2.25. The molecule has 6 heteroatoms. The molecule has 0 spiro atoms. The zero-order valence-corrected chi connectivity index (χ0v) is 12.3. The summed E-state index contributed by atoms with van der Waals surface area (Å²) in [6.45, 7) is 4.62. The summed E-state index contributed by atoms with van der Waals surface area (Å²) in [5, 5.41) is 9.02. The van der Waals surface area contributed by atoms with Crippen LogP contribution in [0.5, 0.6) is 0 Å². The van der Waals surface area contributed by atoms with Crippen LogP contribution >= 0.6 is 11.3 Å². The van der Waals surface area contributed by atoms with Crippen molar-refractivity contribution in [2.45, 2.75) is 43.5 Å². The first kappa shape index (κ1) is 14.0. The second kappa shape index (κ2) is 5.28. The molecule has 1 fully saturated rings. The summed E-state index contributed by atoms with van der Waals surface area (Å²) in [4.78, 5) is 0.687. The van der Waals surface area contributed by atoms with Gasteiger partial charge in [-0.1, -0.05) is 6.92 Å². The van der Waals surface area contributed by atoms with E-state index in [1.54, 1.807) is 16.4 Å². The van der Waals surface area contributed by atoms with E-state index in [-0.39, 0.29) is 12.6 Å². The second-order valence-electron chi connectivity index (χ2n) is 4.97. The number of sulfonamides is 1. The minimum absolute atomic E-state index is 0.0541. The molecule has 18 heavy (non-hydrogen) atoms. The van der Waals surface area contributed by atoms with Crippen molar-refractivity contribution in [2.24, 2.45) is 5.92 Å². The largest absolute Gasteiger partial charge is 0.391 e. The molecule has 2 heterocycles. The van der Waals surface area contributed by atoms with E-state index >= 15 is 0 Å². The molecular formula is C12H19NO3S2. The first-order valence-corrected chi connectivity index (χ1v) is 8.42. The lowest BCUT2D eigenvalue weighted by atomic mass is 9.95. The van der Waals surface area contributed by atoms with Gasteiger partial charge in [0.15, 0.2) is 0 Å². The monoisotopic (exact) mass is 289 g/mol. The highest BCUT2D eigenvalue weighted by atomic mass is 32.2. The van der Waals surface area contributed by atoms with Gasteiger partial charge in [0.05, 0.1) is 6.61 Å². The Hall–Kier alpha value is -0.430. The van der Waals surface area contributed by atoms with E-state index in [4.69, 9.17) is 5.11 Å². The van der Waals surface area contributed by atoms with Crippen LogP contribution in [0.25, 0.3) is 0 Å². The average Bonchev–Trinajstić information content (AvgIpc) is 2.77. The van der Waals surface area contributed by atoms with Gasteiger partial charge in [0, 0.05) is 17.5 Å². The number of hydrogen-bond donors (Lipinski definition) is 1. The van der Waals surface area contributed by atoms with Gasteiger partial charge in [-0.25, -0.2) is 8.42 Å². The van der Waals surface area contributed by atoms with Crippen LogP contribution < -0.4 is 0 Å². The Morgan fingerprint density at radius 2 is 2.17 bits per heavy atom. The average molecular weight is 289 g/mol. The molecule has 4 nitrogen and oxygen atoms in total. The summed E-state index contributed by atoms with van der Waals surface area (Å²) < 4.78 is 26.9. The molecule has 1 N–H and O–H groups in total. The molecule has 0 aliphatic carbocycles. The molecule has 2 rings (SSSR count). The second-order valence-corrected chi connectivity index (χ2v) is 8.26. The molecular weight excluding hydrogens is 270 g/mol. The molecule has 0 aromatic carbocycles. The third kappa shape index (κ3) is 2.61. The van der Waals surface area contributed by atoms with Crippen molar-refractivity contribution in [1.82, 2.24) is 4.31 Å². The minimum atomic E-state index is -3.38. The van der Waals surface area contributed by atoms with Crippen LogP contribution in [0.1, 0.15) is 31.6 Å². The molecule has 0 radical (unpaired) electrons. The topological polar surface area (TPSA) is 57.6 Å². The van der Waals surface area contributed by atoms with Gasteiger partial charge >= 0.3 is 0 Å². The number of aliphatic hydroxyl groups is 1. The predicted molar refractivity (Wildman–Crippen MR) is 72.0 cm³/mol. The van der Waals surface area contributed by atoms with Crippen LogP contribution in [-0.2, 0) is 16.6 Å². The number of aliphatic hydroxyl groups excluding tert-OH is 1. The maximum Gasteiger partial charge on any atom is 0.252 e. The lowest BCUT2D eigenvalue weighted by molar-refractivity contribution is 0.220. The molecule has 0 bridgehead atoms. The maximum atomic E-state index is 12.5. The van der Waals surface area contributed by atoms with E-state index in [0.29, 0.717) is 21.5 Å². The van der Waals surface area contributed by atoms with Crippen molar-refractivity contribution in [3.8, 4) is 0 Å². The zero-order valence-electron chi connectivity index (χ0n) is 10.7. The van der Waals surface area contributed by atoms with E-state index < -0.39 is 10.0 Å². The SMILES string of the molecule is CC1CCN(S(=O)(=O)c2ccc(CO)s2)C(C)C1. The normalized spacial score (nSPS) is 26.4. The molecule has 1 aromatic heterocycles. The van der Waals surface area contributed by atoms with Gasteiger partial charge < -0.3 is 5.11 Å². The van der Waals surface area contributed by atoms with Gasteiger partial charge in [0.25, 0.3) is 10.0 Å². The van der Waals surface area contributed by atoms with Crippen molar-refractivity contribution in [3.63, 3.8) is 0 Å². The molecule has 2 unspecified atom stereocenters. The van der Waals surface area contributed by atoms with Gasteiger partial charge in [0.1, 0.15) is 4.21 Å². The fraction of sp³-hybridized carbons (Fsp3) is 0.667. The molecule has 2 atom stereocenters. The Bertz CT molecular complexity index is 509. The van der Waals surface area contributed by atoms with Gasteiger partial charge in [-0.15, -0.1) is 11.3 Å². The summed E-state index contributed by atoms with van der Waals surface area (Å²) >= 11 is 1.16. The van der Waals surface area contributed by atoms with Crippen molar-refractivity contribution < 1.29 is 13.5 Å². The van der Waals surface area contributed by atoms with Crippen molar-refractivity contribution in [1.29, 1.82) is 0 Å². The van der Waals surface area contributed by atoms with Crippen molar-refractivity contribution >= 4 is 21.4 Å². The molecule has 0 amide bonds. The van der Waals surface area contributed by atoms with Crippen molar-refractivity contribution in [3.05, 3.63) is 17.0 Å². The Labute approximate surface area is 112 Å². The Morgan fingerprint density at radius 1 is 1.44 bits per heavy atom. The zero-order chi connectivity index (χ0) is 13.3. The first-order valence-electron chi connectivity index (χ1n) is 6.16. The van der Waals surface area contributed by atoms with E-state index in [9.17, 15) is 8.42 Å². The van der Waals surface area contributed by atoms with Crippen LogP contribution in [0.3, 0.4) is 0 Å². The molecule has 1 aromatic rings. The third-order valence-corrected chi connectivity index (χ3v) is 6.98. The third-order valence-electron chi connectivity index (χ3n) is 3.43. The predicted octanol–water partition coefficient (Wildman–Crippen LogP) is 2.05. The van der Waals surface area contributed by atoms with E-state index in [0.717, 1.165) is 24.2 Å². The summed E-state index contributed by atoms with van der Waals surface area (Å²) in [5.74, 6) is 0.586. The molecule has 1 saturated heterocycles. The summed E-state index contributed by atoms with van der Waals surface area (Å²) in [6, 6.07) is 3.32. The van der Waals surface area contributed by atoms with Gasteiger partial charge in [-0.05, 0) is 37.8 Å². The highest BCUT2D eigenvalue weighted by Crippen LogP contribution is 2.31. The molecule has 1 aliphatic heterocycles. The van der Waals surface area contributed by atoms with Gasteiger partial charge in [-0.2, -0.15) is 4.31 Å². The Kier molecular flexibility index (Phi) is 4.11. The van der Waals surface area contributed by atoms with E-state index in [1.807, 2.05) is 6.92 Å². The first-order chi connectivity index (χ1) is 8.45. The van der Waals surface area contributed by atoms with E-state index in [1.165, 1.54) is 0 Å². The van der Waals surface area contributed by atoms with Crippen LogP contribution in [-0.4, -0.2) is 30.4 Å². The van der Waals surface area contributed by atoms with Gasteiger partial charge in [-0.3, -0.25) is 0 Å². The smallest absolute Gasteiger partial charge is 0.252 e. The summed E-state index contributed by atoms with van der Waals surface area (Å²) in [7, 11) is -3.38. The van der Waals surface area contributed by atoms with Crippen LogP contribution in [0.2, 0.25) is 0 Å². The molecule has 1 aliphatic rings. The lowest BCUT2D eigenvalue weighted by Crippen LogP contribution is -2.43. The van der Waals surface area contributed by atoms with Crippen molar-refractivity contribution in [2.75, 3.05) is 6.54 Å². The minimum Gasteiger partial charge on any atom is -0.391 e. The van der Waals surface area contributed by atoms with Crippen LogP contribution in [0, 0.1) is 5.92 Å². The van der Waals surface area contributed by atoms with E-state index in [2.05, 4.69) is 6.92 Å². The van der Waals surface area contributed by atoms with Gasteiger partial charge in [0.2, 0.25) is 0 Å². The number of hydrogen-bond acceptors (Lipinski definition) is 4. The quantitative estimate of drug-likeness (QED) is 0.926. The Morgan fingerprint density at radius 3 is 2.72 bits per heavy atom.